The van der Waals surface area contributed by atoms with E-state index in [1.54, 1.807) is 6.08 Å². The molecule has 0 rings (SSSR count). The fraction of sp³-hybridized carbons (Fsp3) is 0.875. The van der Waals surface area contributed by atoms with E-state index >= 15 is 0 Å². The summed E-state index contributed by atoms with van der Waals surface area (Å²) in [5.74, 6) is -0.0820. The Morgan fingerprint density at radius 2 is 0.714 bits per heavy atom. The number of carbonyl (C=O) groups is 2. The van der Waals surface area contributed by atoms with Crippen molar-refractivity contribution in [1.29, 1.82) is 0 Å². The van der Waals surface area contributed by atoms with Crippen LogP contribution in [0.4, 0.5) is 0 Å². The summed E-state index contributed by atoms with van der Waals surface area (Å²) in [6, 6.07) is -0.636. The van der Waals surface area contributed by atoms with Crippen molar-refractivity contribution >= 4 is 11.9 Å². The highest BCUT2D eigenvalue weighted by molar-refractivity contribution is 5.76. The van der Waals surface area contributed by atoms with Crippen molar-refractivity contribution in [3.63, 3.8) is 0 Å². The van der Waals surface area contributed by atoms with Crippen molar-refractivity contribution in [2.45, 2.75) is 347 Å². The van der Waals surface area contributed by atoms with Gasteiger partial charge in [0.2, 0.25) is 5.91 Å². The van der Waals surface area contributed by atoms with E-state index in [2.05, 4.69) is 43.5 Å². The number of amides is 1. The maximum Gasteiger partial charge on any atom is 0.305 e. The number of aliphatic hydroxyl groups is 2. The zero-order valence-corrected chi connectivity index (χ0v) is 47.0. The summed E-state index contributed by atoms with van der Waals surface area (Å²) in [7, 11) is 0. The molecule has 2 atom stereocenters. The summed E-state index contributed by atoms with van der Waals surface area (Å²) >= 11 is 0. The van der Waals surface area contributed by atoms with Crippen LogP contribution in [-0.2, 0) is 14.3 Å². The molecule has 0 aliphatic rings. The Hall–Kier alpha value is -1.92. The third-order valence-electron chi connectivity index (χ3n) is 14.4. The van der Waals surface area contributed by atoms with E-state index < -0.39 is 12.1 Å². The molecule has 0 aromatic rings. The van der Waals surface area contributed by atoms with Gasteiger partial charge in [0, 0.05) is 12.8 Å². The standard InChI is InChI=1S/C64H121NO5/c1-3-5-7-9-11-13-15-17-19-21-22-23-24-26-28-32-36-40-44-48-52-56-62(67)61(60-66)65-63(68)57-53-49-45-41-37-33-29-27-31-35-39-43-47-51-55-59-70-64(69)58-54-50-46-42-38-34-30-25-20-18-16-14-12-10-8-6-4-2/h12,14,18,20,52,56,61-62,66-67H,3-11,13,15-17,19,21-51,53-55,57-60H2,1-2H3,(H,65,68)/b14-12-,20-18-,56-52+. The molecule has 6 heteroatoms. The molecular weight excluding hydrogens is 863 g/mol. The lowest BCUT2D eigenvalue weighted by molar-refractivity contribution is -0.143. The van der Waals surface area contributed by atoms with Crippen molar-refractivity contribution in [2.75, 3.05) is 13.2 Å². The Morgan fingerprint density at radius 1 is 0.400 bits per heavy atom. The second-order valence-electron chi connectivity index (χ2n) is 21.4. The highest BCUT2D eigenvalue weighted by atomic mass is 16.5. The van der Waals surface area contributed by atoms with Gasteiger partial charge in [-0.05, 0) is 64.2 Å². The number of esters is 1. The van der Waals surface area contributed by atoms with Gasteiger partial charge in [-0.15, -0.1) is 0 Å². The Morgan fingerprint density at radius 3 is 1.11 bits per heavy atom. The monoisotopic (exact) mass is 984 g/mol. The summed E-state index contributed by atoms with van der Waals surface area (Å²) in [4.78, 5) is 24.6. The van der Waals surface area contributed by atoms with E-state index in [0.29, 0.717) is 19.4 Å². The van der Waals surface area contributed by atoms with E-state index in [0.717, 1.165) is 64.2 Å². The van der Waals surface area contributed by atoms with Gasteiger partial charge in [0.15, 0.2) is 0 Å². The second kappa shape index (κ2) is 59.6. The lowest BCUT2D eigenvalue weighted by Crippen LogP contribution is -2.45. The molecule has 0 bridgehead atoms. The maximum absolute atomic E-state index is 12.5. The molecule has 1 amide bonds. The van der Waals surface area contributed by atoms with E-state index in [9.17, 15) is 19.8 Å². The van der Waals surface area contributed by atoms with E-state index in [1.165, 1.54) is 244 Å². The molecule has 2 unspecified atom stereocenters. The normalized spacial score (nSPS) is 12.8. The molecule has 70 heavy (non-hydrogen) atoms. The van der Waals surface area contributed by atoms with Crippen LogP contribution in [0.1, 0.15) is 335 Å². The number of hydrogen-bond donors (Lipinski definition) is 3. The fourth-order valence-electron chi connectivity index (χ4n) is 9.61. The Labute approximate surface area is 436 Å². The first-order valence-electron chi connectivity index (χ1n) is 31.3. The predicted molar refractivity (Wildman–Crippen MR) is 306 cm³/mol. The molecule has 412 valence electrons. The van der Waals surface area contributed by atoms with Crippen LogP contribution in [0.5, 0.6) is 0 Å². The van der Waals surface area contributed by atoms with Gasteiger partial charge in [-0.1, -0.05) is 294 Å². The largest absolute Gasteiger partial charge is 0.466 e. The molecule has 0 radical (unpaired) electrons. The zero-order chi connectivity index (χ0) is 50.7. The summed E-state index contributed by atoms with van der Waals surface area (Å²) < 4.78 is 5.48. The first kappa shape index (κ1) is 68.1. The van der Waals surface area contributed by atoms with Gasteiger partial charge in [0.1, 0.15) is 0 Å². The molecule has 0 aliphatic carbocycles. The number of hydrogen-bond acceptors (Lipinski definition) is 5. The molecule has 0 aromatic carbocycles. The number of carbonyl (C=O) groups excluding carboxylic acids is 2. The smallest absolute Gasteiger partial charge is 0.305 e. The van der Waals surface area contributed by atoms with Gasteiger partial charge in [-0.25, -0.2) is 0 Å². The van der Waals surface area contributed by atoms with Crippen molar-refractivity contribution in [1.82, 2.24) is 5.32 Å². The number of ether oxygens (including phenoxy) is 1. The minimum absolute atomic E-state index is 0.00778. The summed E-state index contributed by atoms with van der Waals surface area (Å²) in [6.07, 6.45) is 74.6. The summed E-state index contributed by atoms with van der Waals surface area (Å²) in [5, 5.41) is 23.2. The fourth-order valence-corrected chi connectivity index (χ4v) is 9.61. The van der Waals surface area contributed by atoms with E-state index in [4.69, 9.17) is 4.74 Å². The molecule has 6 nitrogen and oxygen atoms in total. The quantitative estimate of drug-likeness (QED) is 0.0321. The van der Waals surface area contributed by atoms with Crippen LogP contribution < -0.4 is 5.32 Å². The van der Waals surface area contributed by atoms with Gasteiger partial charge in [0.25, 0.3) is 0 Å². The Balaban J connectivity index is 3.46. The summed E-state index contributed by atoms with van der Waals surface area (Å²) in [5.41, 5.74) is 0. The molecule has 0 spiro atoms. The van der Waals surface area contributed by atoms with Gasteiger partial charge in [0.05, 0.1) is 25.4 Å². The van der Waals surface area contributed by atoms with Crippen LogP contribution >= 0.6 is 0 Å². The highest BCUT2D eigenvalue weighted by Gasteiger charge is 2.18. The SMILES string of the molecule is CCCCC/C=C\C/C=C\CCCCCCCCCC(=O)OCCCCCCCCCCCCCCCCCC(=O)NC(CO)C(O)/C=C/CCCCCCCCCCCCCCCCCCCCC. The molecule has 0 heterocycles. The topological polar surface area (TPSA) is 95.9 Å². The van der Waals surface area contributed by atoms with Gasteiger partial charge < -0.3 is 20.3 Å². The van der Waals surface area contributed by atoms with Crippen LogP contribution in [-0.4, -0.2) is 47.4 Å². The molecular formula is C64H121NO5. The third kappa shape index (κ3) is 55.4. The predicted octanol–water partition coefficient (Wildman–Crippen LogP) is 19.6. The minimum Gasteiger partial charge on any atom is -0.466 e. The third-order valence-corrected chi connectivity index (χ3v) is 14.4. The molecule has 3 N–H and O–H groups in total. The zero-order valence-electron chi connectivity index (χ0n) is 47.0. The molecule has 0 fully saturated rings. The highest BCUT2D eigenvalue weighted by Crippen LogP contribution is 2.17. The Bertz CT molecular complexity index is 1130. The van der Waals surface area contributed by atoms with Crippen LogP contribution in [0, 0.1) is 0 Å². The first-order chi connectivity index (χ1) is 34.5. The van der Waals surface area contributed by atoms with E-state index in [-0.39, 0.29) is 18.5 Å². The molecule has 0 aliphatic heterocycles. The number of unbranched alkanes of at least 4 members (excludes halogenated alkanes) is 43. The second-order valence-corrected chi connectivity index (χ2v) is 21.4. The maximum atomic E-state index is 12.5. The Kier molecular flexibility index (Phi) is 58.0. The number of allylic oxidation sites excluding steroid dienone is 5. The van der Waals surface area contributed by atoms with Crippen molar-refractivity contribution in [2.24, 2.45) is 0 Å². The van der Waals surface area contributed by atoms with Crippen molar-refractivity contribution < 1.29 is 24.5 Å². The van der Waals surface area contributed by atoms with Gasteiger partial charge in [-0.3, -0.25) is 9.59 Å². The molecule has 0 saturated carbocycles. The molecule has 0 aromatic heterocycles. The number of aliphatic hydroxyl groups excluding tert-OH is 2. The van der Waals surface area contributed by atoms with Crippen molar-refractivity contribution in [3.8, 4) is 0 Å². The van der Waals surface area contributed by atoms with Gasteiger partial charge in [-0.2, -0.15) is 0 Å². The van der Waals surface area contributed by atoms with Gasteiger partial charge >= 0.3 is 5.97 Å². The summed E-state index contributed by atoms with van der Waals surface area (Å²) in [6.45, 7) is 4.88. The average Bonchev–Trinajstić information content (AvgIpc) is 3.36. The van der Waals surface area contributed by atoms with Crippen LogP contribution in [0.2, 0.25) is 0 Å². The lowest BCUT2D eigenvalue weighted by atomic mass is 10.0. The number of rotatable bonds is 58. The molecule has 0 saturated heterocycles. The van der Waals surface area contributed by atoms with E-state index in [1.807, 2.05) is 6.08 Å². The minimum atomic E-state index is -0.852. The van der Waals surface area contributed by atoms with Crippen LogP contribution in [0.25, 0.3) is 0 Å². The number of nitrogens with one attached hydrogen (secondary N) is 1. The van der Waals surface area contributed by atoms with Crippen LogP contribution in [0.15, 0.2) is 36.5 Å². The van der Waals surface area contributed by atoms with Crippen molar-refractivity contribution in [3.05, 3.63) is 36.5 Å². The lowest BCUT2D eigenvalue weighted by Gasteiger charge is -2.20. The average molecular weight is 985 g/mol. The van der Waals surface area contributed by atoms with Crippen LogP contribution in [0.3, 0.4) is 0 Å². The first-order valence-corrected chi connectivity index (χ1v) is 31.3.